The largest absolute Gasteiger partial charge is 0.381 e. The summed E-state index contributed by atoms with van der Waals surface area (Å²) >= 11 is 0. The summed E-state index contributed by atoms with van der Waals surface area (Å²) in [6.07, 6.45) is 8.37. The second-order valence-electron chi connectivity index (χ2n) is 10.1. The van der Waals surface area contributed by atoms with Crippen molar-refractivity contribution >= 4 is 6.29 Å². The molecule has 2 fully saturated rings. The van der Waals surface area contributed by atoms with Crippen molar-refractivity contribution in [3.05, 3.63) is 11.6 Å². The van der Waals surface area contributed by atoms with E-state index in [4.69, 9.17) is 4.74 Å². The number of hydrogen-bond donors (Lipinski definition) is 0. The molecule has 0 aromatic carbocycles. The Balaban J connectivity index is 1.97. The molecule has 5 unspecified atom stereocenters. The lowest BCUT2D eigenvalue weighted by Crippen LogP contribution is -2.55. The topological polar surface area (TPSA) is 26.3 Å². The van der Waals surface area contributed by atoms with E-state index in [-0.39, 0.29) is 16.7 Å². The van der Waals surface area contributed by atoms with Gasteiger partial charge in [-0.15, -0.1) is 0 Å². The van der Waals surface area contributed by atoms with E-state index >= 15 is 0 Å². The Morgan fingerprint density at radius 2 is 2.04 bits per heavy atom. The fourth-order valence-corrected chi connectivity index (χ4v) is 6.93. The third-order valence-corrected chi connectivity index (χ3v) is 8.68. The van der Waals surface area contributed by atoms with Crippen LogP contribution in [0.5, 0.6) is 0 Å². The molecular formula is C23H38O2. The molecule has 1 saturated heterocycles. The average Bonchev–Trinajstić information content (AvgIpc) is 3.08. The summed E-state index contributed by atoms with van der Waals surface area (Å²) in [6.45, 7) is 16.3. The minimum Gasteiger partial charge on any atom is -0.381 e. The van der Waals surface area contributed by atoms with Crippen LogP contribution in [0.4, 0.5) is 0 Å². The highest BCUT2D eigenvalue weighted by atomic mass is 16.5. The van der Waals surface area contributed by atoms with Crippen molar-refractivity contribution in [1.82, 2.24) is 0 Å². The molecule has 3 aliphatic rings. The number of rotatable bonds is 4. The Morgan fingerprint density at radius 1 is 1.32 bits per heavy atom. The minimum absolute atomic E-state index is 0.0972. The van der Waals surface area contributed by atoms with E-state index in [2.05, 4.69) is 47.6 Å². The molecule has 1 heterocycles. The molecule has 1 aliphatic heterocycles. The van der Waals surface area contributed by atoms with E-state index in [1.165, 1.54) is 12.7 Å². The van der Waals surface area contributed by atoms with Crippen LogP contribution in [0.2, 0.25) is 0 Å². The number of carbonyl (C=O) groups excluding carboxylic acids is 1. The summed E-state index contributed by atoms with van der Waals surface area (Å²) < 4.78 is 5.66. The van der Waals surface area contributed by atoms with E-state index in [0.717, 1.165) is 32.5 Å². The third kappa shape index (κ3) is 3.03. The van der Waals surface area contributed by atoms with Gasteiger partial charge in [-0.25, -0.2) is 0 Å². The highest BCUT2D eigenvalue weighted by Crippen LogP contribution is 2.64. The maximum absolute atomic E-state index is 12.1. The van der Waals surface area contributed by atoms with Crippen LogP contribution in [0.3, 0.4) is 0 Å². The summed E-state index contributed by atoms with van der Waals surface area (Å²) in [7, 11) is 0. The van der Waals surface area contributed by atoms with Crippen molar-refractivity contribution < 1.29 is 9.53 Å². The van der Waals surface area contributed by atoms with Gasteiger partial charge in [0, 0.05) is 19.1 Å². The standard InChI is InChI=1S/C23H38O2/c1-15-11-17(3)22(5)9-7-20(13-24)23(6,21(22)18(15)4)12-16(2)19-8-10-25-14-19/h11,13,15-16,18-21H,7-10,12,14H2,1-6H3/t15?,16?,18?,19?,20-,21?,22+,23+/m1/s1. The van der Waals surface area contributed by atoms with E-state index in [9.17, 15) is 4.79 Å². The maximum Gasteiger partial charge on any atom is 0.123 e. The number of fused-ring (bicyclic) bond motifs is 1. The Bertz CT molecular complexity index is 532. The molecule has 8 atom stereocenters. The number of hydrogen-bond acceptors (Lipinski definition) is 2. The van der Waals surface area contributed by atoms with Crippen LogP contribution in [-0.4, -0.2) is 19.5 Å². The van der Waals surface area contributed by atoms with Gasteiger partial charge in [-0.3, -0.25) is 0 Å². The second kappa shape index (κ2) is 6.83. The minimum atomic E-state index is 0.0972. The molecule has 0 N–H and O–H groups in total. The molecule has 0 radical (unpaired) electrons. The van der Waals surface area contributed by atoms with Gasteiger partial charge < -0.3 is 9.53 Å². The first-order valence-electron chi connectivity index (χ1n) is 10.5. The van der Waals surface area contributed by atoms with E-state index < -0.39 is 0 Å². The van der Waals surface area contributed by atoms with Gasteiger partial charge in [-0.05, 0) is 73.0 Å². The normalized spacial score (nSPS) is 48.6. The van der Waals surface area contributed by atoms with Crippen LogP contribution in [0.25, 0.3) is 0 Å². The van der Waals surface area contributed by atoms with Gasteiger partial charge in [0.05, 0.1) is 0 Å². The molecule has 25 heavy (non-hydrogen) atoms. The smallest absolute Gasteiger partial charge is 0.123 e. The lowest BCUT2D eigenvalue weighted by Gasteiger charge is -2.61. The number of aldehydes is 1. The summed E-state index contributed by atoms with van der Waals surface area (Å²) in [5.41, 5.74) is 1.92. The van der Waals surface area contributed by atoms with Crippen molar-refractivity contribution in [1.29, 1.82) is 0 Å². The molecule has 2 heteroatoms. The first-order chi connectivity index (χ1) is 11.7. The van der Waals surface area contributed by atoms with Gasteiger partial charge in [0.2, 0.25) is 0 Å². The van der Waals surface area contributed by atoms with Crippen molar-refractivity contribution in [3.63, 3.8) is 0 Å². The zero-order chi connectivity index (χ0) is 18.4. The van der Waals surface area contributed by atoms with Crippen LogP contribution < -0.4 is 0 Å². The van der Waals surface area contributed by atoms with Crippen molar-refractivity contribution in [3.8, 4) is 0 Å². The lowest BCUT2D eigenvalue weighted by atomic mass is 9.43. The number of carbonyl (C=O) groups is 1. The first kappa shape index (κ1) is 19.1. The molecule has 0 bridgehead atoms. The maximum atomic E-state index is 12.1. The van der Waals surface area contributed by atoms with Gasteiger partial charge in [-0.1, -0.05) is 46.3 Å². The average molecular weight is 347 g/mol. The van der Waals surface area contributed by atoms with Crippen LogP contribution in [0.15, 0.2) is 11.6 Å². The van der Waals surface area contributed by atoms with Crippen LogP contribution >= 0.6 is 0 Å². The Hall–Kier alpha value is -0.630. The highest BCUT2D eigenvalue weighted by molar-refractivity contribution is 5.56. The Labute approximate surface area is 154 Å². The molecule has 2 aliphatic carbocycles. The van der Waals surface area contributed by atoms with E-state index in [0.29, 0.717) is 29.6 Å². The van der Waals surface area contributed by atoms with Crippen molar-refractivity contribution in [2.45, 2.75) is 67.2 Å². The van der Waals surface area contributed by atoms with Gasteiger partial charge in [0.15, 0.2) is 0 Å². The molecule has 0 amide bonds. The fraction of sp³-hybridized carbons (Fsp3) is 0.870. The highest BCUT2D eigenvalue weighted by Gasteiger charge is 2.58. The van der Waals surface area contributed by atoms with Crippen LogP contribution in [-0.2, 0) is 9.53 Å². The molecule has 0 spiro atoms. The molecular weight excluding hydrogens is 308 g/mol. The summed E-state index contributed by atoms with van der Waals surface area (Å²) in [5.74, 6) is 3.34. The second-order valence-corrected chi connectivity index (χ2v) is 10.1. The van der Waals surface area contributed by atoms with Gasteiger partial charge in [0.25, 0.3) is 0 Å². The predicted octanol–water partition coefficient (Wildman–Crippen LogP) is 5.52. The zero-order valence-electron chi connectivity index (χ0n) is 17.2. The molecule has 0 aromatic heterocycles. The summed E-state index contributed by atoms with van der Waals surface area (Å²) in [5, 5.41) is 0. The van der Waals surface area contributed by atoms with Gasteiger partial charge in [0.1, 0.15) is 6.29 Å². The van der Waals surface area contributed by atoms with Crippen LogP contribution in [0.1, 0.15) is 67.2 Å². The predicted molar refractivity (Wildman–Crippen MR) is 103 cm³/mol. The van der Waals surface area contributed by atoms with Gasteiger partial charge in [-0.2, -0.15) is 0 Å². The monoisotopic (exact) mass is 346 g/mol. The number of allylic oxidation sites excluding steroid dienone is 2. The zero-order valence-corrected chi connectivity index (χ0v) is 17.2. The summed E-state index contributed by atoms with van der Waals surface area (Å²) in [4.78, 5) is 12.1. The molecule has 3 rings (SSSR count). The Morgan fingerprint density at radius 3 is 2.64 bits per heavy atom. The first-order valence-corrected chi connectivity index (χ1v) is 10.5. The third-order valence-electron chi connectivity index (χ3n) is 8.68. The molecule has 0 aromatic rings. The van der Waals surface area contributed by atoms with Gasteiger partial charge >= 0.3 is 0 Å². The van der Waals surface area contributed by atoms with Crippen molar-refractivity contribution in [2.24, 2.45) is 46.3 Å². The van der Waals surface area contributed by atoms with E-state index in [1.807, 2.05) is 0 Å². The Kier molecular flexibility index (Phi) is 5.23. The molecule has 142 valence electrons. The SMILES string of the molecule is CC1=CC(C)C(C)C2[C@@]1(C)CC[C@H](C=O)[C@]2(C)CC(C)C1CCOC1. The fourth-order valence-electron chi connectivity index (χ4n) is 6.93. The van der Waals surface area contributed by atoms with E-state index in [1.54, 1.807) is 5.57 Å². The molecule has 1 saturated carbocycles. The summed E-state index contributed by atoms with van der Waals surface area (Å²) in [6, 6.07) is 0. The van der Waals surface area contributed by atoms with Crippen molar-refractivity contribution in [2.75, 3.05) is 13.2 Å². The molecule has 2 nitrogen and oxygen atoms in total. The number of ether oxygens (including phenoxy) is 1. The van der Waals surface area contributed by atoms with Crippen LogP contribution in [0, 0.1) is 46.3 Å². The lowest BCUT2D eigenvalue weighted by molar-refractivity contribution is -0.132. The quantitative estimate of drug-likeness (QED) is 0.495.